The van der Waals surface area contributed by atoms with Crippen molar-refractivity contribution in [3.05, 3.63) is 69.7 Å². The van der Waals surface area contributed by atoms with E-state index in [1.165, 1.54) is 12.1 Å². The maximum absolute atomic E-state index is 13.9. The van der Waals surface area contributed by atoms with E-state index in [4.69, 9.17) is 11.6 Å². The molecule has 106 valence electrons. The predicted molar refractivity (Wildman–Crippen MR) is 77.8 cm³/mol. The summed E-state index contributed by atoms with van der Waals surface area (Å²) in [6.07, 6.45) is 0. The highest BCUT2D eigenvalue weighted by Gasteiger charge is 2.13. The lowest BCUT2D eigenvalue weighted by Crippen LogP contribution is -2.19. The van der Waals surface area contributed by atoms with Crippen LogP contribution < -0.4 is 5.32 Å². The first kappa shape index (κ1) is 14.9. The number of nitrogens with one attached hydrogen (secondary N) is 1. The lowest BCUT2D eigenvalue weighted by molar-refractivity contribution is 0.516. The number of aryl methyl sites for hydroxylation is 1. The van der Waals surface area contributed by atoms with Crippen molar-refractivity contribution in [1.29, 1.82) is 0 Å². The van der Waals surface area contributed by atoms with E-state index in [-0.39, 0.29) is 6.04 Å². The van der Waals surface area contributed by atoms with Gasteiger partial charge in [0.15, 0.2) is 0 Å². The number of rotatable bonds is 4. The van der Waals surface area contributed by atoms with E-state index >= 15 is 0 Å². The van der Waals surface area contributed by atoms with E-state index in [0.29, 0.717) is 22.7 Å². The van der Waals surface area contributed by atoms with Crippen molar-refractivity contribution >= 4 is 11.6 Å². The quantitative estimate of drug-likeness (QED) is 0.856. The van der Waals surface area contributed by atoms with Crippen molar-refractivity contribution < 1.29 is 8.78 Å². The van der Waals surface area contributed by atoms with E-state index in [1.54, 1.807) is 19.9 Å². The van der Waals surface area contributed by atoms with Gasteiger partial charge >= 0.3 is 0 Å². The van der Waals surface area contributed by atoms with Gasteiger partial charge in [-0.3, -0.25) is 0 Å². The van der Waals surface area contributed by atoms with Crippen LogP contribution >= 0.6 is 11.6 Å². The molecule has 0 heterocycles. The van der Waals surface area contributed by atoms with E-state index in [9.17, 15) is 8.78 Å². The van der Waals surface area contributed by atoms with Crippen molar-refractivity contribution in [2.45, 2.75) is 26.4 Å². The van der Waals surface area contributed by atoms with Crippen LogP contribution in [0.2, 0.25) is 5.02 Å². The van der Waals surface area contributed by atoms with Gasteiger partial charge in [0.1, 0.15) is 11.6 Å². The van der Waals surface area contributed by atoms with Gasteiger partial charge in [0.25, 0.3) is 0 Å². The molecule has 2 aromatic rings. The monoisotopic (exact) mass is 295 g/mol. The Bertz CT molecular complexity index is 613. The van der Waals surface area contributed by atoms with Gasteiger partial charge in [0, 0.05) is 23.2 Å². The Morgan fingerprint density at radius 3 is 2.55 bits per heavy atom. The summed E-state index contributed by atoms with van der Waals surface area (Å²) < 4.78 is 27.4. The van der Waals surface area contributed by atoms with Crippen molar-refractivity contribution in [2.75, 3.05) is 0 Å². The summed E-state index contributed by atoms with van der Waals surface area (Å²) in [6, 6.07) is 9.60. The van der Waals surface area contributed by atoms with Crippen LogP contribution in [0.25, 0.3) is 0 Å². The van der Waals surface area contributed by atoms with Crippen molar-refractivity contribution in [2.24, 2.45) is 0 Å². The fourth-order valence-electron chi connectivity index (χ4n) is 2.01. The van der Waals surface area contributed by atoms with Gasteiger partial charge in [0.2, 0.25) is 0 Å². The molecule has 0 spiro atoms. The summed E-state index contributed by atoms with van der Waals surface area (Å²) in [7, 11) is 0. The molecule has 2 aromatic carbocycles. The van der Waals surface area contributed by atoms with E-state index < -0.39 is 11.6 Å². The van der Waals surface area contributed by atoms with Gasteiger partial charge in [-0.2, -0.15) is 0 Å². The highest BCUT2D eigenvalue weighted by Crippen LogP contribution is 2.22. The molecular weight excluding hydrogens is 280 g/mol. The third-order valence-electron chi connectivity index (χ3n) is 3.30. The average Bonchev–Trinajstić information content (AvgIpc) is 2.41. The molecule has 1 unspecified atom stereocenters. The molecular formula is C16H16ClF2N. The SMILES string of the molecule is Cc1cc(F)c(C(C)NCc2ccccc2Cl)cc1F. The van der Waals surface area contributed by atoms with Gasteiger partial charge in [-0.15, -0.1) is 0 Å². The van der Waals surface area contributed by atoms with E-state index in [0.717, 1.165) is 5.56 Å². The minimum atomic E-state index is -0.400. The molecule has 0 fully saturated rings. The maximum Gasteiger partial charge on any atom is 0.128 e. The third-order valence-corrected chi connectivity index (χ3v) is 3.67. The molecule has 0 amide bonds. The van der Waals surface area contributed by atoms with Crippen LogP contribution in [0.15, 0.2) is 36.4 Å². The summed E-state index contributed by atoms with van der Waals surface area (Å²) in [4.78, 5) is 0. The Morgan fingerprint density at radius 1 is 1.15 bits per heavy atom. The third kappa shape index (κ3) is 3.35. The lowest BCUT2D eigenvalue weighted by Gasteiger charge is -2.16. The molecule has 1 atom stereocenters. The molecule has 0 aromatic heterocycles. The summed E-state index contributed by atoms with van der Waals surface area (Å²) in [5, 5.41) is 3.81. The first-order valence-electron chi connectivity index (χ1n) is 6.41. The van der Waals surface area contributed by atoms with Crippen LogP contribution in [-0.4, -0.2) is 0 Å². The van der Waals surface area contributed by atoms with Crippen LogP contribution in [0.4, 0.5) is 8.78 Å². The van der Waals surface area contributed by atoms with E-state index in [1.807, 2.05) is 18.2 Å². The highest BCUT2D eigenvalue weighted by molar-refractivity contribution is 6.31. The first-order chi connectivity index (χ1) is 9.49. The van der Waals surface area contributed by atoms with Crippen LogP contribution in [-0.2, 0) is 6.54 Å². The van der Waals surface area contributed by atoms with Gasteiger partial charge < -0.3 is 5.32 Å². The zero-order chi connectivity index (χ0) is 14.7. The van der Waals surface area contributed by atoms with Gasteiger partial charge in [-0.1, -0.05) is 29.8 Å². The van der Waals surface area contributed by atoms with Crippen molar-refractivity contribution in [3.63, 3.8) is 0 Å². The van der Waals surface area contributed by atoms with Crippen molar-refractivity contribution in [1.82, 2.24) is 5.32 Å². The molecule has 0 radical (unpaired) electrons. The zero-order valence-corrected chi connectivity index (χ0v) is 12.1. The fourth-order valence-corrected chi connectivity index (χ4v) is 2.21. The molecule has 0 saturated carbocycles. The minimum Gasteiger partial charge on any atom is -0.306 e. The van der Waals surface area contributed by atoms with Gasteiger partial charge in [0.05, 0.1) is 0 Å². The number of halogens is 3. The normalized spacial score (nSPS) is 12.4. The number of hydrogen-bond donors (Lipinski definition) is 1. The number of benzene rings is 2. The highest BCUT2D eigenvalue weighted by atomic mass is 35.5. The molecule has 20 heavy (non-hydrogen) atoms. The summed E-state index contributed by atoms with van der Waals surface area (Å²) in [5.74, 6) is -0.796. The summed E-state index contributed by atoms with van der Waals surface area (Å²) >= 11 is 6.06. The second-order valence-electron chi connectivity index (χ2n) is 4.82. The Morgan fingerprint density at radius 2 is 1.85 bits per heavy atom. The Hall–Kier alpha value is -1.45. The summed E-state index contributed by atoms with van der Waals surface area (Å²) in [6.45, 7) is 3.84. The summed E-state index contributed by atoms with van der Waals surface area (Å²) in [5.41, 5.74) is 1.55. The second-order valence-corrected chi connectivity index (χ2v) is 5.22. The molecule has 4 heteroatoms. The largest absolute Gasteiger partial charge is 0.306 e. The molecule has 0 aliphatic carbocycles. The molecule has 1 N–H and O–H groups in total. The first-order valence-corrected chi connectivity index (χ1v) is 6.79. The standard InChI is InChI=1S/C16H16ClF2N/c1-10-7-16(19)13(8-15(10)18)11(2)20-9-12-5-3-4-6-14(12)17/h3-8,11,20H,9H2,1-2H3. The predicted octanol–water partition coefficient (Wildman–Crippen LogP) is 4.78. The van der Waals surface area contributed by atoms with Crippen LogP contribution in [0.1, 0.15) is 29.7 Å². The van der Waals surface area contributed by atoms with Crippen LogP contribution in [0.5, 0.6) is 0 Å². The smallest absolute Gasteiger partial charge is 0.128 e. The van der Waals surface area contributed by atoms with E-state index in [2.05, 4.69) is 5.32 Å². The fraction of sp³-hybridized carbons (Fsp3) is 0.250. The van der Waals surface area contributed by atoms with Gasteiger partial charge in [-0.25, -0.2) is 8.78 Å². The maximum atomic E-state index is 13.9. The molecule has 1 nitrogen and oxygen atoms in total. The Labute approximate surface area is 122 Å². The van der Waals surface area contributed by atoms with Gasteiger partial charge in [-0.05, 0) is 43.2 Å². The minimum absolute atomic E-state index is 0.304. The topological polar surface area (TPSA) is 12.0 Å². The Balaban J connectivity index is 2.11. The molecule has 0 aliphatic heterocycles. The molecule has 0 aliphatic rings. The second kappa shape index (κ2) is 6.33. The van der Waals surface area contributed by atoms with Crippen LogP contribution in [0, 0.1) is 18.6 Å². The molecule has 2 rings (SSSR count). The van der Waals surface area contributed by atoms with Crippen LogP contribution in [0.3, 0.4) is 0 Å². The molecule has 0 bridgehead atoms. The average molecular weight is 296 g/mol. The van der Waals surface area contributed by atoms with Crippen molar-refractivity contribution in [3.8, 4) is 0 Å². The Kier molecular flexibility index (Phi) is 4.73. The zero-order valence-electron chi connectivity index (χ0n) is 11.4. The molecule has 0 saturated heterocycles. The number of hydrogen-bond acceptors (Lipinski definition) is 1. The lowest BCUT2D eigenvalue weighted by atomic mass is 10.0.